The van der Waals surface area contributed by atoms with Gasteiger partial charge in [-0.15, -0.1) is 0 Å². The summed E-state index contributed by atoms with van der Waals surface area (Å²) in [6.07, 6.45) is -11.0. The smallest absolute Gasteiger partial charge is 0.416 e. The predicted molar refractivity (Wildman–Crippen MR) is 81.0 cm³/mol. The Morgan fingerprint density at radius 2 is 1.43 bits per heavy atom. The fourth-order valence-electron chi connectivity index (χ4n) is 2.08. The molecule has 1 aromatic rings. The lowest BCUT2D eigenvalue weighted by Gasteiger charge is -2.18. The molecule has 28 heavy (non-hydrogen) atoms. The Morgan fingerprint density at radius 3 is 1.82 bits per heavy atom. The van der Waals surface area contributed by atoms with Crippen molar-refractivity contribution in [1.29, 1.82) is 0 Å². The number of esters is 2. The maximum Gasteiger partial charge on any atom is 0.416 e. The van der Waals surface area contributed by atoms with Crippen molar-refractivity contribution in [3.8, 4) is 0 Å². The molecule has 1 N–H and O–H groups in total. The van der Waals surface area contributed by atoms with Crippen LogP contribution in [0.25, 0.3) is 0 Å². The van der Waals surface area contributed by atoms with Crippen molar-refractivity contribution in [2.24, 2.45) is 0 Å². The van der Waals surface area contributed by atoms with E-state index in [1.807, 2.05) is 5.32 Å². The Kier molecular flexibility index (Phi) is 7.42. The van der Waals surface area contributed by atoms with Crippen molar-refractivity contribution >= 4 is 17.8 Å². The Hall–Kier alpha value is -2.79. The van der Waals surface area contributed by atoms with Gasteiger partial charge < -0.3 is 14.8 Å². The molecular weight excluding hydrogens is 400 g/mol. The topological polar surface area (TPSA) is 81.7 Å². The molecule has 0 aromatic heterocycles. The summed E-state index contributed by atoms with van der Waals surface area (Å²) in [6.45, 7) is 0. The molecule has 0 aliphatic heterocycles. The summed E-state index contributed by atoms with van der Waals surface area (Å²) in [5.74, 6) is -3.17. The van der Waals surface area contributed by atoms with Crippen LogP contribution in [0, 0.1) is 0 Å². The minimum Gasteiger partial charge on any atom is -0.469 e. The lowest BCUT2D eigenvalue weighted by molar-refractivity contribution is -0.145. The molecule has 0 bridgehead atoms. The molecule has 0 unspecified atom stereocenters. The highest BCUT2D eigenvalue weighted by molar-refractivity contribution is 5.97. The van der Waals surface area contributed by atoms with E-state index >= 15 is 0 Å². The Labute approximate surface area is 154 Å². The first kappa shape index (κ1) is 23.2. The molecule has 1 rings (SSSR count). The lowest BCUT2D eigenvalue weighted by Crippen LogP contribution is -2.42. The third kappa shape index (κ3) is 6.43. The molecule has 0 saturated carbocycles. The largest absolute Gasteiger partial charge is 0.469 e. The lowest BCUT2D eigenvalue weighted by atomic mass is 10.0. The van der Waals surface area contributed by atoms with E-state index in [0.29, 0.717) is 0 Å². The number of benzene rings is 1. The number of carbonyl (C=O) groups excluding carboxylic acids is 3. The van der Waals surface area contributed by atoms with Crippen LogP contribution in [0.3, 0.4) is 0 Å². The normalized spacial score (nSPS) is 12.9. The molecule has 0 spiro atoms. The highest BCUT2D eigenvalue weighted by Crippen LogP contribution is 2.36. The molecule has 12 heteroatoms. The average Bonchev–Trinajstić information content (AvgIpc) is 2.61. The van der Waals surface area contributed by atoms with Crippen LogP contribution in [0.5, 0.6) is 0 Å². The van der Waals surface area contributed by atoms with Crippen LogP contribution in [0.4, 0.5) is 26.3 Å². The van der Waals surface area contributed by atoms with Gasteiger partial charge in [0.1, 0.15) is 6.04 Å². The van der Waals surface area contributed by atoms with Crippen molar-refractivity contribution in [2.75, 3.05) is 14.2 Å². The monoisotopic (exact) mass is 415 g/mol. The van der Waals surface area contributed by atoms with Gasteiger partial charge in [0.15, 0.2) is 0 Å². The maximum atomic E-state index is 12.9. The summed E-state index contributed by atoms with van der Waals surface area (Å²) in [7, 11) is 2.01. The van der Waals surface area contributed by atoms with Crippen LogP contribution in [-0.4, -0.2) is 38.1 Å². The van der Waals surface area contributed by atoms with E-state index in [9.17, 15) is 40.7 Å². The van der Waals surface area contributed by atoms with Crippen LogP contribution < -0.4 is 5.32 Å². The van der Waals surface area contributed by atoms with Crippen molar-refractivity contribution in [2.45, 2.75) is 31.2 Å². The summed E-state index contributed by atoms with van der Waals surface area (Å²) in [5, 5.41) is 1.96. The second kappa shape index (κ2) is 8.93. The summed E-state index contributed by atoms with van der Waals surface area (Å²) >= 11 is 0. The Bertz CT molecular complexity index is 712. The molecule has 0 aliphatic rings. The SMILES string of the molecule is COC(=O)CC[C@@H](NC(=O)c1cc(C(F)(F)F)cc(C(F)(F)F)c1)C(=O)OC. The van der Waals surface area contributed by atoms with E-state index in [-0.39, 0.29) is 31.0 Å². The zero-order chi connectivity index (χ0) is 21.7. The first-order valence-corrected chi connectivity index (χ1v) is 7.54. The van der Waals surface area contributed by atoms with Crippen molar-refractivity contribution in [3.05, 3.63) is 34.9 Å². The van der Waals surface area contributed by atoms with E-state index in [1.165, 1.54) is 0 Å². The molecule has 0 fully saturated rings. The molecule has 0 aliphatic carbocycles. The van der Waals surface area contributed by atoms with E-state index in [4.69, 9.17) is 0 Å². The molecule has 6 nitrogen and oxygen atoms in total. The number of alkyl halides is 6. The minimum atomic E-state index is -5.14. The summed E-state index contributed by atoms with van der Waals surface area (Å²) in [5.41, 5.74) is -4.33. The van der Waals surface area contributed by atoms with E-state index in [2.05, 4.69) is 9.47 Å². The molecule has 1 amide bonds. The highest BCUT2D eigenvalue weighted by atomic mass is 19.4. The fraction of sp³-hybridized carbons (Fsp3) is 0.438. The number of rotatable bonds is 6. The van der Waals surface area contributed by atoms with Crippen LogP contribution in [0.1, 0.15) is 34.3 Å². The Morgan fingerprint density at radius 1 is 0.929 bits per heavy atom. The van der Waals surface area contributed by atoms with Gasteiger partial charge in [0, 0.05) is 12.0 Å². The Balaban J connectivity index is 3.20. The number of ether oxygens (including phenoxy) is 2. The summed E-state index contributed by atoms with van der Waals surface area (Å²) in [6, 6.07) is -1.18. The van der Waals surface area contributed by atoms with Gasteiger partial charge in [-0.3, -0.25) is 9.59 Å². The summed E-state index contributed by atoms with van der Waals surface area (Å²) < 4.78 is 86.0. The quantitative estimate of drug-likeness (QED) is 0.571. The van der Waals surface area contributed by atoms with Crippen LogP contribution in [0.15, 0.2) is 18.2 Å². The molecule has 0 saturated heterocycles. The van der Waals surface area contributed by atoms with Crippen molar-refractivity contribution < 1.29 is 50.2 Å². The number of halogens is 6. The second-order valence-electron chi connectivity index (χ2n) is 5.46. The van der Waals surface area contributed by atoms with Gasteiger partial charge >= 0.3 is 24.3 Å². The summed E-state index contributed by atoms with van der Waals surface area (Å²) in [4.78, 5) is 35.0. The van der Waals surface area contributed by atoms with Gasteiger partial charge in [-0.1, -0.05) is 0 Å². The van der Waals surface area contributed by atoms with Crippen LogP contribution in [0.2, 0.25) is 0 Å². The molecule has 1 aromatic carbocycles. The molecular formula is C16H15F6NO5. The molecule has 0 heterocycles. The zero-order valence-corrected chi connectivity index (χ0v) is 14.5. The average molecular weight is 415 g/mol. The zero-order valence-electron chi connectivity index (χ0n) is 14.5. The maximum absolute atomic E-state index is 12.9. The van der Waals surface area contributed by atoms with Gasteiger partial charge in [-0.2, -0.15) is 26.3 Å². The predicted octanol–water partition coefficient (Wildman–Crippen LogP) is 2.95. The van der Waals surface area contributed by atoms with Crippen molar-refractivity contribution in [1.82, 2.24) is 5.32 Å². The number of hydrogen-bond acceptors (Lipinski definition) is 5. The van der Waals surface area contributed by atoms with Gasteiger partial charge in [-0.05, 0) is 24.6 Å². The van der Waals surface area contributed by atoms with Crippen molar-refractivity contribution in [3.63, 3.8) is 0 Å². The number of amides is 1. The molecule has 156 valence electrons. The third-order valence-electron chi connectivity index (χ3n) is 3.51. The molecule has 1 atom stereocenters. The minimum absolute atomic E-state index is 0.133. The number of carbonyl (C=O) groups is 3. The van der Waals surface area contributed by atoms with Gasteiger partial charge in [0.2, 0.25) is 0 Å². The number of hydrogen-bond donors (Lipinski definition) is 1. The van der Waals surface area contributed by atoms with Crippen LogP contribution >= 0.6 is 0 Å². The van der Waals surface area contributed by atoms with Gasteiger partial charge in [-0.25, -0.2) is 4.79 Å². The second-order valence-corrected chi connectivity index (χ2v) is 5.46. The van der Waals surface area contributed by atoms with E-state index < -0.39 is 52.9 Å². The van der Waals surface area contributed by atoms with E-state index in [1.54, 1.807) is 0 Å². The van der Waals surface area contributed by atoms with Crippen LogP contribution in [-0.2, 0) is 31.4 Å². The fourth-order valence-corrected chi connectivity index (χ4v) is 2.08. The number of methoxy groups -OCH3 is 2. The number of nitrogens with one attached hydrogen (secondary N) is 1. The van der Waals surface area contributed by atoms with Gasteiger partial charge in [0.05, 0.1) is 25.3 Å². The first-order chi connectivity index (χ1) is 12.8. The first-order valence-electron chi connectivity index (χ1n) is 7.54. The molecule has 0 radical (unpaired) electrons. The third-order valence-corrected chi connectivity index (χ3v) is 3.51. The highest BCUT2D eigenvalue weighted by Gasteiger charge is 2.37. The standard InChI is InChI=1S/C16H15F6NO5/c1-27-12(24)4-3-11(14(26)28-2)23-13(25)8-5-9(15(17,18)19)7-10(6-8)16(20,21)22/h5-7,11H,3-4H2,1-2H3,(H,23,25)/t11-/m1/s1. The van der Waals surface area contributed by atoms with E-state index in [0.717, 1.165) is 14.2 Å². The van der Waals surface area contributed by atoms with Gasteiger partial charge in [0.25, 0.3) is 5.91 Å².